The number of rotatable bonds is 15. The van der Waals surface area contributed by atoms with Gasteiger partial charge in [0.2, 0.25) is 11.6 Å². The van der Waals surface area contributed by atoms with E-state index in [-0.39, 0.29) is 23.3 Å². The summed E-state index contributed by atoms with van der Waals surface area (Å²) in [5, 5.41) is 36.5. The summed E-state index contributed by atoms with van der Waals surface area (Å²) in [6, 6.07) is 14.5. The normalized spacial score (nSPS) is 15.1. The fourth-order valence-electron chi connectivity index (χ4n) is 6.78. The maximum absolute atomic E-state index is 11.9. The van der Waals surface area contributed by atoms with Crippen LogP contribution in [0.5, 0.6) is 0 Å². The first-order valence-corrected chi connectivity index (χ1v) is 19.9. The molecule has 6 rings (SSSR count). The maximum atomic E-state index is 11.9. The van der Waals surface area contributed by atoms with Gasteiger partial charge in [-0.25, -0.2) is 9.97 Å². The molecule has 4 N–H and O–H groups in total. The number of carbonyl (C=O) groups is 2. The van der Waals surface area contributed by atoms with Gasteiger partial charge in [0.05, 0.1) is 12.4 Å². The van der Waals surface area contributed by atoms with Crippen LogP contribution in [-0.4, -0.2) is 73.9 Å². The molecule has 284 valence electrons. The van der Waals surface area contributed by atoms with Gasteiger partial charge in [0.25, 0.3) is 11.8 Å². The van der Waals surface area contributed by atoms with Crippen LogP contribution in [0.1, 0.15) is 116 Å². The van der Waals surface area contributed by atoms with Crippen LogP contribution >= 0.6 is 15.9 Å². The Morgan fingerprint density at radius 3 is 1.55 bits per heavy atom. The summed E-state index contributed by atoms with van der Waals surface area (Å²) in [4.78, 5) is 33.7. The highest BCUT2D eigenvalue weighted by atomic mass is 79.9. The van der Waals surface area contributed by atoms with Gasteiger partial charge in [-0.2, -0.15) is 0 Å². The number of aromatic nitrogens is 2. The number of carbonyl (C=O) groups excluding carboxylic acids is 2. The van der Waals surface area contributed by atoms with E-state index in [0.717, 1.165) is 68.5 Å². The minimum absolute atomic E-state index is 0.0103. The number of nitrogens with zero attached hydrogens (tertiary/aromatic N) is 3. The first kappa shape index (κ1) is 42.4. The second-order valence-electron chi connectivity index (χ2n) is 13.9. The summed E-state index contributed by atoms with van der Waals surface area (Å²) in [6.07, 6.45) is 20.3. The van der Waals surface area contributed by atoms with Crippen molar-refractivity contribution in [1.82, 2.24) is 14.9 Å². The number of halogens is 1. The van der Waals surface area contributed by atoms with E-state index in [9.17, 15) is 9.59 Å². The molecule has 2 aliphatic rings. The number of likely N-dealkylation sites (tertiary alicyclic amines) is 1. The molecule has 1 saturated heterocycles. The SMILES string of the molecule is O=C(CCCC1CCCCC1)c1ncco1.O=C(CCCC1CCN(Cc2ccc(B(O)O)cc2)CC1)c1ncco1.OB(O)c1ccc(CBr)cc1. The third-order valence-electron chi connectivity index (χ3n) is 9.92. The lowest BCUT2D eigenvalue weighted by Gasteiger charge is -2.32. The number of ketones is 2. The molecule has 2 aromatic carbocycles. The zero-order valence-corrected chi connectivity index (χ0v) is 32.0. The first-order valence-electron chi connectivity index (χ1n) is 18.8. The van der Waals surface area contributed by atoms with E-state index in [1.54, 1.807) is 24.3 Å². The molecule has 0 radical (unpaired) electrons. The molecule has 1 aliphatic carbocycles. The highest BCUT2D eigenvalue weighted by Crippen LogP contribution is 2.28. The van der Waals surface area contributed by atoms with Gasteiger partial charge in [-0.05, 0) is 79.1 Å². The lowest BCUT2D eigenvalue weighted by atomic mass is 9.80. The van der Waals surface area contributed by atoms with Crippen molar-refractivity contribution in [3.8, 4) is 0 Å². The average Bonchev–Trinajstić information content (AvgIpc) is 3.93. The van der Waals surface area contributed by atoms with Crippen LogP contribution < -0.4 is 10.9 Å². The maximum Gasteiger partial charge on any atom is 0.488 e. The summed E-state index contributed by atoms with van der Waals surface area (Å²) in [5.41, 5.74) is 3.35. The van der Waals surface area contributed by atoms with Gasteiger partial charge in [-0.3, -0.25) is 14.5 Å². The molecule has 0 spiro atoms. The number of Topliss-reactive ketones (excluding diaryl/α,β-unsaturated/α-hetero) is 2. The highest BCUT2D eigenvalue weighted by Gasteiger charge is 2.21. The number of alkyl halides is 1. The third kappa shape index (κ3) is 15.5. The van der Waals surface area contributed by atoms with E-state index >= 15 is 0 Å². The second-order valence-corrected chi connectivity index (χ2v) is 14.5. The molecule has 1 aliphatic heterocycles. The van der Waals surface area contributed by atoms with E-state index in [1.165, 1.54) is 69.0 Å². The Morgan fingerprint density at radius 1 is 0.679 bits per heavy atom. The fraction of sp³-hybridized carbons (Fsp3) is 0.487. The number of benzene rings is 2. The molecule has 0 amide bonds. The standard InChI is InChI=1S/C19H25BN2O4.C13H19NO2.C7H8BBrO2/c23-18(19-21-10-13-26-19)3-1-2-15-8-11-22(12-9-15)14-16-4-6-17(7-5-16)20(24)25;15-12(13-14-9-10-16-13)8-4-7-11-5-2-1-3-6-11;9-5-6-1-3-7(4-2-6)8(10)11/h4-7,10,13,15,24-25H,1-3,8-9,11-12,14H2;9-11H,1-8H2;1-4,10-11H,5H2. The number of hydrogen-bond donors (Lipinski definition) is 4. The summed E-state index contributed by atoms with van der Waals surface area (Å²) in [5.74, 6) is 2.05. The predicted octanol–water partition coefficient (Wildman–Crippen LogP) is 5.49. The molecule has 1 saturated carbocycles. The first-order chi connectivity index (χ1) is 25.7. The minimum Gasteiger partial charge on any atom is -0.442 e. The third-order valence-corrected chi connectivity index (χ3v) is 10.6. The molecule has 14 heteroatoms. The lowest BCUT2D eigenvalue weighted by Crippen LogP contribution is -2.33. The Hall–Kier alpha value is -3.39. The Balaban J connectivity index is 0.000000197. The molecule has 2 aromatic heterocycles. The zero-order valence-electron chi connectivity index (χ0n) is 30.4. The van der Waals surface area contributed by atoms with E-state index in [4.69, 9.17) is 28.9 Å². The number of hydrogen-bond acceptors (Lipinski definition) is 11. The monoisotopic (exact) mass is 791 g/mol. The van der Waals surface area contributed by atoms with Crippen molar-refractivity contribution in [2.45, 2.75) is 95.3 Å². The molecule has 11 nitrogen and oxygen atoms in total. The van der Waals surface area contributed by atoms with Gasteiger partial charge in [-0.15, -0.1) is 0 Å². The Labute approximate surface area is 321 Å². The van der Waals surface area contributed by atoms with Crippen LogP contribution in [0.4, 0.5) is 0 Å². The predicted molar refractivity (Wildman–Crippen MR) is 209 cm³/mol. The molecule has 3 heterocycles. The van der Waals surface area contributed by atoms with Gasteiger partial charge in [0.15, 0.2) is 0 Å². The Bertz CT molecular complexity index is 1580. The van der Waals surface area contributed by atoms with Crippen molar-refractivity contribution in [3.05, 3.63) is 96.4 Å². The summed E-state index contributed by atoms with van der Waals surface area (Å²) >= 11 is 3.29. The van der Waals surface area contributed by atoms with Crippen molar-refractivity contribution in [2.24, 2.45) is 11.8 Å². The highest BCUT2D eigenvalue weighted by molar-refractivity contribution is 9.08. The molecule has 2 fully saturated rings. The number of oxazole rings is 2. The minimum atomic E-state index is -1.41. The lowest BCUT2D eigenvalue weighted by molar-refractivity contribution is 0.0934. The van der Waals surface area contributed by atoms with Crippen molar-refractivity contribution in [3.63, 3.8) is 0 Å². The van der Waals surface area contributed by atoms with Crippen LogP contribution in [0.25, 0.3) is 0 Å². The molecule has 0 unspecified atom stereocenters. The van der Waals surface area contributed by atoms with E-state index in [0.29, 0.717) is 29.7 Å². The zero-order chi connectivity index (χ0) is 37.8. The van der Waals surface area contributed by atoms with Crippen LogP contribution in [0, 0.1) is 11.8 Å². The van der Waals surface area contributed by atoms with Gasteiger partial charge in [0.1, 0.15) is 12.5 Å². The topological polar surface area (TPSA) is 170 Å². The van der Waals surface area contributed by atoms with Crippen molar-refractivity contribution >= 4 is 52.7 Å². The van der Waals surface area contributed by atoms with Crippen LogP contribution in [0.2, 0.25) is 0 Å². The van der Waals surface area contributed by atoms with Crippen LogP contribution in [0.3, 0.4) is 0 Å². The second kappa shape index (κ2) is 23.4. The fourth-order valence-corrected chi connectivity index (χ4v) is 7.15. The largest absolute Gasteiger partial charge is 0.488 e. The summed E-state index contributed by atoms with van der Waals surface area (Å²) in [7, 11) is -2.77. The van der Waals surface area contributed by atoms with Gasteiger partial charge in [0, 0.05) is 24.7 Å². The molecular weight excluding hydrogens is 740 g/mol. The average molecular weight is 792 g/mol. The Morgan fingerprint density at radius 2 is 1.13 bits per heavy atom. The number of piperidine rings is 1. The quantitative estimate of drug-likeness (QED) is 0.0683. The van der Waals surface area contributed by atoms with Crippen LogP contribution in [-0.2, 0) is 11.9 Å². The van der Waals surface area contributed by atoms with Crippen LogP contribution in [0.15, 0.2) is 82.3 Å². The molecule has 0 bridgehead atoms. The van der Waals surface area contributed by atoms with Gasteiger partial charge in [-0.1, -0.05) is 103 Å². The molecule has 53 heavy (non-hydrogen) atoms. The molecular formula is C39H52B2BrN3O8. The Kier molecular flexibility index (Phi) is 18.7. The molecule has 4 aromatic rings. The summed E-state index contributed by atoms with van der Waals surface area (Å²) < 4.78 is 10.0. The van der Waals surface area contributed by atoms with Crippen molar-refractivity contribution in [1.29, 1.82) is 0 Å². The van der Waals surface area contributed by atoms with Crippen molar-refractivity contribution in [2.75, 3.05) is 13.1 Å². The summed E-state index contributed by atoms with van der Waals surface area (Å²) in [6.45, 7) is 3.00. The van der Waals surface area contributed by atoms with E-state index < -0.39 is 14.2 Å². The van der Waals surface area contributed by atoms with E-state index in [1.807, 2.05) is 24.3 Å². The van der Waals surface area contributed by atoms with Crippen molar-refractivity contribution < 1.29 is 38.5 Å². The van der Waals surface area contributed by atoms with E-state index in [2.05, 4.69) is 30.8 Å². The van der Waals surface area contributed by atoms with Gasteiger partial charge >= 0.3 is 14.2 Å². The smallest absolute Gasteiger partial charge is 0.442 e. The van der Waals surface area contributed by atoms with Gasteiger partial charge < -0.3 is 28.9 Å². The molecule has 0 atom stereocenters.